The molecule has 2 aromatic carbocycles. The normalized spacial score (nSPS) is 15.7. The zero-order valence-corrected chi connectivity index (χ0v) is 12.8. The van der Waals surface area contributed by atoms with E-state index in [2.05, 4.69) is 5.32 Å². The van der Waals surface area contributed by atoms with Gasteiger partial charge in [-0.25, -0.2) is 13.6 Å². The molecule has 1 aliphatic heterocycles. The lowest BCUT2D eigenvalue weighted by Gasteiger charge is -2.03. The van der Waals surface area contributed by atoms with Gasteiger partial charge in [-0.2, -0.15) is 0 Å². The molecule has 112 valence electrons. The van der Waals surface area contributed by atoms with Gasteiger partial charge in [-0.3, -0.25) is 4.79 Å². The number of benzene rings is 2. The molecule has 0 bridgehead atoms. The van der Waals surface area contributed by atoms with Crippen LogP contribution in [-0.2, 0) is 14.8 Å². The van der Waals surface area contributed by atoms with E-state index >= 15 is 0 Å². The molecule has 22 heavy (non-hydrogen) atoms. The van der Waals surface area contributed by atoms with Crippen molar-refractivity contribution >= 4 is 44.9 Å². The summed E-state index contributed by atoms with van der Waals surface area (Å²) in [5.41, 5.74) is 2.03. The molecule has 0 aliphatic carbocycles. The van der Waals surface area contributed by atoms with Crippen LogP contribution in [0.2, 0.25) is 5.02 Å². The molecule has 3 rings (SSSR count). The molecule has 0 saturated heterocycles. The Labute approximate surface area is 132 Å². The third-order valence-electron chi connectivity index (χ3n) is 3.31. The summed E-state index contributed by atoms with van der Waals surface area (Å²) in [6, 6.07) is 11.3. The highest BCUT2D eigenvalue weighted by Gasteiger charge is 2.26. The van der Waals surface area contributed by atoms with Gasteiger partial charge in [0, 0.05) is 21.8 Å². The molecule has 5 nitrogen and oxygen atoms in total. The van der Waals surface area contributed by atoms with E-state index in [1.807, 2.05) is 0 Å². The van der Waals surface area contributed by atoms with Crippen LogP contribution >= 0.6 is 11.6 Å². The molecule has 3 N–H and O–H groups in total. The number of halogens is 1. The number of rotatable bonds is 2. The third-order valence-corrected chi connectivity index (χ3v) is 4.56. The number of amides is 1. The lowest BCUT2D eigenvalue weighted by atomic mass is 10.0. The molecule has 0 atom stereocenters. The van der Waals surface area contributed by atoms with Crippen LogP contribution < -0.4 is 10.5 Å². The Kier molecular flexibility index (Phi) is 3.52. The van der Waals surface area contributed by atoms with Gasteiger partial charge in [-0.15, -0.1) is 0 Å². The van der Waals surface area contributed by atoms with E-state index in [-0.39, 0.29) is 10.8 Å². The Balaban J connectivity index is 2.17. The number of primary sulfonamides is 1. The first kappa shape index (κ1) is 14.8. The van der Waals surface area contributed by atoms with Gasteiger partial charge in [0.1, 0.15) is 0 Å². The number of carbonyl (C=O) groups excluding carboxylic acids is 1. The third kappa shape index (κ3) is 2.64. The summed E-state index contributed by atoms with van der Waals surface area (Å²) < 4.78 is 22.9. The molecule has 0 unspecified atom stereocenters. The van der Waals surface area contributed by atoms with Crippen LogP contribution in [-0.4, -0.2) is 14.3 Å². The number of anilines is 1. The van der Waals surface area contributed by atoms with E-state index in [1.54, 1.807) is 30.3 Å². The average molecular weight is 335 g/mol. The van der Waals surface area contributed by atoms with Gasteiger partial charge in [0.25, 0.3) is 5.91 Å². The second kappa shape index (κ2) is 5.24. The van der Waals surface area contributed by atoms with Crippen molar-refractivity contribution in [3.8, 4) is 0 Å². The van der Waals surface area contributed by atoms with E-state index in [1.165, 1.54) is 18.2 Å². The zero-order valence-electron chi connectivity index (χ0n) is 11.2. The molecule has 2 aromatic rings. The van der Waals surface area contributed by atoms with E-state index in [0.717, 1.165) is 0 Å². The molecule has 0 fully saturated rings. The number of sulfonamides is 1. The molecular weight excluding hydrogens is 324 g/mol. The van der Waals surface area contributed by atoms with E-state index < -0.39 is 10.0 Å². The summed E-state index contributed by atoms with van der Waals surface area (Å²) in [5, 5.41) is 8.31. The van der Waals surface area contributed by atoms with Crippen molar-refractivity contribution in [1.29, 1.82) is 0 Å². The molecule has 1 amide bonds. The average Bonchev–Trinajstić information content (AvgIpc) is 2.76. The minimum atomic E-state index is -3.84. The Bertz CT molecular complexity index is 920. The van der Waals surface area contributed by atoms with Crippen molar-refractivity contribution in [2.75, 3.05) is 5.32 Å². The first-order valence-electron chi connectivity index (χ1n) is 6.31. The quantitative estimate of drug-likeness (QED) is 0.827. The van der Waals surface area contributed by atoms with E-state index in [4.69, 9.17) is 16.7 Å². The highest BCUT2D eigenvalue weighted by molar-refractivity contribution is 7.89. The van der Waals surface area contributed by atoms with Gasteiger partial charge >= 0.3 is 0 Å². The van der Waals surface area contributed by atoms with Crippen LogP contribution in [0.5, 0.6) is 0 Å². The lowest BCUT2D eigenvalue weighted by molar-refractivity contribution is -0.110. The van der Waals surface area contributed by atoms with Gasteiger partial charge in [0.2, 0.25) is 10.0 Å². The maximum atomic E-state index is 12.1. The highest BCUT2D eigenvalue weighted by Crippen LogP contribution is 2.35. The number of fused-ring (bicyclic) bond motifs is 1. The minimum absolute atomic E-state index is 0.0483. The fourth-order valence-corrected chi connectivity index (χ4v) is 2.97. The maximum absolute atomic E-state index is 12.1. The number of nitrogens with two attached hydrogens (primary N) is 1. The van der Waals surface area contributed by atoms with E-state index in [0.29, 0.717) is 27.4 Å². The smallest absolute Gasteiger partial charge is 0.256 e. The number of hydrogen-bond donors (Lipinski definition) is 2. The summed E-state index contributed by atoms with van der Waals surface area (Å²) in [6.07, 6.45) is 1.62. The summed E-state index contributed by atoms with van der Waals surface area (Å²) in [7, 11) is -3.84. The van der Waals surface area contributed by atoms with Crippen molar-refractivity contribution in [1.82, 2.24) is 0 Å². The van der Waals surface area contributed by atoms with Crippen molar-refractivity contribution in [3.05, 3.63) is 58.6 Å². The van der Waals surface area contributed by atoms with Gasteiger partial charge in [-0.1, -0.05) is 29.8 Å². The highest BCUT2D eigenvalue weighted by atomic mass is 35.5. The Morgan fingerprint density at radius 3 is 2.55 bits per heavy atom. The van der Waals surface area contributed by atoms with Crippen LogP contribution in [0, 0.1) is 0 Å². The molecule has 0 aromatic heterocycles. The summed E-state index contributed by atoms with van der Waals surface area (Å²) in [4.78, 5) is 12.1. The summed E-state index contributed by atoms with van der Waals surface area (Å²) >= 11 is 6.09. The summed E-state index contributed by atoms with van der Waals surface area (Å²) in [6.45, 7) is 0. The second-order valence-corrected chi connectivity index (χ2v) is 6.75. The Hall–Kier alpha value is -2.15. The van der Waals surface area contributed by atoms with Crippen molar-refractivity contribution in [2.45, 2.75) is 4.90 Å². The van der Waals surface area contributed by atoms with Crippen LogP contribution in [0.1, 0.15) is 11.1 Å². The first-order chi connectivity index (χ1) is 10.4. The number of hydrogen-bond acceptors (Lipinski definition) is 3. The predicted octanol–water partition coefficient (Wildman–Crippen LogP) is 2.48. The number of nitrogens with one attached hydrogen (secondary N) is 1. The second-order valence-electron chi connectivity index (χ2n) is 4.79. The van der Waals surface area contributed by atoms with Crippen molar-refractivity contribution in [3.63, 3.8) is 0 Å². The van der Waals surface area contributed by atoms with Gasteiger partial charge in [0.05, 0.1) is 4.90 Å². The molecule has 0 saturated carbocycles. The Morgan fingerprint density at radius 1 is 1.14 bits per heavy atom. The lowest BCUT2D eigenvalue weighted by Crippen LogP contribution is -2.12. The largest absolute Gasteiger partial charge is 0.321 e. The molecule has 7 heteroatoms. The molecule has 0 spiro atoms. The monoisotopic (exact) mass is 334 g/mol. The molecular formula is C15H11ClN2O3S. The standard InChI is InChI=1S/C15H11ClN2O3S/c16-13-4-2-1-3-9(13)7-12-11-8-10(22(17,20)21)5-6-14(11)18-15(12)19/h1-8H,(H,18,19)(H2,17,20,21). The Morgan fingerprint density at radius 2 is 1.86 bits per heavy atom. The van der Waals surface area contributed by atoms with Crippen LogP contribution in [0.15, 0.2) is 47.4 Å². The maximum Gasteiger partial charge on any atom is 0.256 e. The zero-order chi connectivity index (χ0) is 15.9. The molecule has 1 aliphatic rings. The van der Waals surface area contributed by atoms with Crippen LogP contribution in [0.25, 0.3) is 11.6 Å². The number of carbonyl (C=O) groups is 1. The molecule has 0 radical (unpaired) electrons. The predicted molar refractivity (Wildman–Crippen MR) is 85.8 cm³/mol. The van der Waals surface area contributed by atoms with Gasteiger partial charge < -0.3 is 5.32 Å². The van der Waals surface area contributed by atoms with Crippen molar-refractivity contribution < 1.29 is 13.2 Å². The SMILES string of the molecule is NS(=O)(=O)c1ccc2c(c1)C(=Cc1ccccc1Cl)C(=O)N2. The van der Waals surface area contributed by atoms with E-state index in [9.17, 15) is 13.2 Å². The summed E-state index contributed by atoms with van der Waals surface area (Å²) in [5.74, 6) is -0.318. The fourth-order valence-electron chi connectivity index (χ4n) is 2.24. The fraction of sp³-hybridized carbons (Fsp3) is 0. The van der Waals surface area contributed by atoms with Gasteiger partial charge in [0.15, 0.2) is 0 Å². The van der Waals surface area contributed by atoms with Crippen LogP contribution in [0.4, 0.5) is 5.69 Å². The first-order valence-corrected chi connectivity index (χ1v) is 8.23. The minimum Gasteiger partial charge on any atom is -0.321 e. The van der Waals surface area contributed by atoms with Crippen LogP contribution in [0.3, 0.4) is 0 Å². The topological polar surface area (TPSA) is 89.3 Å². The van der Waals surface area contributed by atoms with Gasteiger partial charge in [-0.05, 0) is 35.9 Å². The molecule has 1 heterocycles. The van der Waals surface area contributed by atoms with Crippen molar-refractivity contribution in [2.24, 2.45) is 5.14 Å².